The molecule has 2 fully saturated rings. The molecule has 2 aromatic rings. The fourth-order valence-corrected chi connectivity index (χ4v) is 6.29. The molecule has 1 aromatic heterocycles. The van der Waals surface area contributed by atoms with E-state index in [4.69, 9.17) is 5.26 Å². The molecule has 1 aliphatic carbocycles. The van der Waals surface area contributed by atoms with Crippen molar-refractivity contribution in [3.05, 3.63) is 59.4 Å². The number of carbonyl (C=O) groups excluding carboxylic acids is 2. The van der Waals surface area contributed by atoms with E-state index in [9.17, 15) is 31.2 Å². The van der Waals surface area contributed by atoms with Crippen LogP contribution in [0.3, 0.4) is 0 Å². The summed E-state index contributed by atoms with van der Waals surface area (Å²) < 4.78 is 63.7. The predicted octanol–water partition coefficient (Wildman–Crippen LogP) is 3.10. The van der Waals surface area contributed by atoms with Gasteiger partial charge in [-0.25, -0.2) is 8.42 Å². The van der Waals surface area contributed by atoms with Crippen LogP contribution in [0.15, 0.2) is 47.5 Å². The number of amides is 2. The normalized spacial score (nSPS) is 21.9. The fraction of sp³-hybridized carbons (Fsp3) is 0.417. The summed E-state index contributed by atoms with van der Waals surface area (Å²) in [5.41, 5.74) is -0.518. The molecule has 1 aromatic carbocycles. The first-order chi connectivity index (χ1) is 17.0. The molecule has 1 N–H and O–H groups in total. The molecule has 0 bridgehead atoms. The molecule has 8 nitrogen and oxygen atoms in total. The zero-order chi connectivity index (χ0) is 26.1. The van der Waals surface area contributed by atoms with Crippen LogP contribution in [0.5, 0.6) is 0 Å². The Morgan fingerprint density at radius 2 is 1.94 bits per heavy atom. The van der Waals surface area contributed by atoms with Crippen molar-refractivity contribution >= 4 is 21.7 Å². The fourth-order valence-electron chi connectivity index (χ4n) is 4.37. The minimum atomic E-state index is -4.56. The lowest BCUT2D eigenvalue weighted by atomic mass is 9.86. The lowest BCUT2D eigenvalue weighted by Gasteiger charge is -2.30. The first kappa shape index (κ1) is 25.6. The molecule has 1 saturated carbocycles. The van der Waals surface area contributed by atoms with E-state index in [-0.39, 0.29) is 35.8 Å². The third-order valence-electron chi connectivity index (χ3n) is 6.52. The number of alkyl halides is 3. The second-order valence-corrected chi connectivity index (χ2v) is 11.1. The maximum atomic E-state index is 13.2. The van der Waals surface area contributed by atoms with Gasteiger partial charge >= 0.3 is 6.18 Å². The minimum absolute atomic E-state index is 0.00439. The Balaban J connectivity index is 1.42. The van der Waals surface area contributed by atoms with Crippen LogP contribution in [0, 0.1) is 17.2 Å². The van der Waals surface area contributed by atoms with Crippen molar-refractivity contribution in [2.45, 2.75) is 54.6 Å². The van der Waals surface area contributed by atoms with E-state index >= 15 is 0 Å². The number of benzene rings is 1. The highest BCUT2D eigenvalue weighted by molar-refractivity contribution is 7.92. The van der Waals surface area contributed by atoms with Gasteiger partial charge in [0.15, 0.2) is 9.84 Å². The molecule has 0 radical (unpaired) electrons. The lowest BCUT2D eigenvalue weighted by Crippen LogP contribution is -2.45. The summed E-state index contributed by atoms with van der Waals surface area (Å²) in [5, 5.41) is 10.9. The minimum Gasteiger partial charge on any atom is -0.350 e. The Morgan fingerprint density at radius 3 is 2.58 bits per heavy atom. The van der Waals surface area contributed by atoms with E-state index in [1.807, 2.05) is 0 Å². The van der Waals surface area contributed by atoms with Crippen LogP contribution in [-0.4, -0.2) is 48.0 Å². The van der Waals surface area contributed by atoms with Crippen molar-refractivity contribution < 1.29 is 31.2 Å². The molecule has 2 heterocycles. The van der Waals surface area contributed by atoms with Gasteiger partial charge in [-0.1, -0.05) is 12.1 Å². The Kier molecular flexibility index (Phi) is 7.04. The highest BCUT2D eigenvalue weighted by Gasteiger charge is 2.40. The number of pyridine rings is 1. The third-order valence-corrected chi connectivity index (χ3v) is 8.70. The second-order valence-electron chi connectivity index (χ2n) is 8.92. The Hall–Kier alpha value is -3.46. The van der Waals surface area contributed by atoms with Crippen LogP contribution in [0.25, 0.3) is 0 Å². The molecule has 190 valence electrons. The summed E-state index contributed by atoms with van der Waals surface area (Å²) in [6.07, 6.45) is -2.02. The van der Waals surface area contributed by atoms with Gasteiger partial charge in [-0.3, -0.25) is 14.6 Å². The molecule has 0 spiro atoms. The van der Waals surface area contributed by atoms with E-state index in [1.54, 1.807) is 0 Å². The zero-order valence-electron chi connectivity index (χ0n) is 19.0. The first-order valence-electron chi connectivity index (χ1n) is 11.3. The van der Waals surface area contributed by atoms with Gasteiger partial charge in [0.2, 0.25) is 5.91 Å². The quantitative estimate of drug-likeness (QED) is 0.625. The van der Waals surface area contributed by atoms with Crippen molar-refractivity contribution in [1.29, 1.82) is 5.26 Å². The van der Waals surface area contributed by atoms with Crippen molar-refractivity contribution in [1.82, 2.24) is 15.2 Å². The maximum absolute atomic E-state index is 13.2. The van der Waals surface area contributed by atoms with E-state index in [0.29, 0.717) is 24.9 Å². The Morgan fingerprint density at radius 1 is 1.19 bits per heavy atom. The Labute approximate surface area is 206 Å². The van der Waals surface area contributed by atoms with Gasteiger partial charge in [0, 0.05) is 30.8 Å². The van der Waals surface area contributed by atoms with E-state index < -0.39 is 44.8 Å². The van der Waals surface area contributed by atoms with Crippen molar-refractivity contribution in [3.8, 4) is 6.07 Å². The maximum Gasteiger partial charge on any atom is 0.433 e. The summed E-state index contributed by atoms with van der Waals surface area (Å²) in [6, 6.07) is 9.00. The van der Waals surface area contributed by atoms with Gasteiger partial charge in [-0.2, -0.15) is 18.4 Å². The number of carbonyl (C=O) groups is 2. The average molecular weight is 521 g/mol. The number of hydrogen-bond acceptors (Lipinski definition) is 6. The number of likely N-dealkylation sites (tertiary alicyclic amines) is 1. The summed E-state index contributed by atoms with van der Waals surface area (Å²) in [6.45, 7) is 0.253. The number of nitriles is 1. The first-order valence-corrected chi connectivity index (χ1v) is 12.9. The van der Waals surface area contributed by atoms with Crippen LogP contribution in [0.2, 0.25) is 0 Å². The smallest absolute Gasteiger partial charge is 0.350 e. The molecule has 0 unspecified atom stereocenters. The average Bonchev–Trinajstić information content (AvgIpc) is 3.31. The molecular weight excluding hydrogens is 497 g/mol. The van der Waals surface area contributed by atoms with Gasteiger partial charge < -0.3 is 10.2 Å². The molecule has 1 aliphatic heterocycles. The molecule has 36 heavy (non-hydrogen) atoms. The highest BCUT2D eigenvalue weighted by atomic mass is 32.2. The molecule has 2 aliphatic rings. The van der Waals surface area contributed by atoms with Crippen molar-refractivity contribution in [2.24, 2.45) is 5.92 Å². The van der Waals surface area contributed by atoms with Crippen LogP contribution >= 0.6 is 0 Å². The third kappa shape index (κ3) is 5.21. The van der Waals surface area contributed by atoms with Crippen LogP contribution < -0.4 is 5.32 Å². The van der Waals surface area contributed by atoms with Gasteiger partial charge in [0.25, 0.3) is 5.91 Å². The van der Waals surface area contributed by atoms with Gasteiger partial charge in [-0.05, 0) is 55.5 Å². The van der Waals surface area contributed by atoms with Crippen molar-refractivity contribution in [2.75, 3.05) is 6.54 Å². The van der Waals surface area contributed by atoms with Crippen LogP contribution in [0.1, 0.15) is 47.3 Å². The monoisotopic (exact) mass is 520 g/mol. The largest absolute Gasteiger partial charge is 0.433 e. The van der Waals surface area contributed by atoms with Gasteiger partial charge in [-0.15, -0.1) is 0 Å². The molecule has 2 amide bonds. The second kappa shape index (κ2) is 9.89. The van der Waals surface area contributed by atoms with Gasteiger partial charge in [0.05, 0.1) is 16.2 Å². The molecular formula is C24H23F3N4O4S. The number of nitrogens with zero attached hydrogens (tertiary/aromatic N) is 3. The summed E-state index contributed by atoms with van der Waals surface area (Å²) in [4.78, 5) is 30.7. The van der Waals surface area contributed by atoms with Crippen molar-refractivity contribution in [3.63, 3.8) is 0 Å². The lowest BCUT2D eigenvalue weighted by molar-refractivity contribution is -0.141. The summed E-state index contributed by atoms with van der Waals surface area (Å²) in [7, 11) is -3.68. The summed E-state index contributed by atoms with van der Waals surface area (Å²) >= 11 is 0. The number of nitrogens with one attached hydrogen (secondary N) is 1. The molecule has 1 atom stereocenters. The van der Waals surface area contributed by atoms with E-state index in [0.717, 1.165) is 12.3 Å². The number of rotatable bonds is 6. The molecule has 1 saturated heterocycles. The van der Waals surface area contributed by atoms with Crippen LogP contribution in [-0.2, 0) is 27.4 Å². The summed E-state index contributed by atoms with van der Waals surface area (Å²) in [5.74, 6) is -1.22. The number of aromatic nitrogens is 1. The van der Waals surface area contributed by atoms with Crippen LogP contribution in [0.4, 0.5) is 13.2 Å². The molecule has 12 heteroatoms. The number of hydrogen-bond donors (Lipinski definition) is 1. The topological polar surface area (TPSA) is 120 Å². The highest BCUT2D eigenvalue weighted by Crippen LogP contribution is 2.36. The van der Waals surface area contributed by atoms with E-state index in [2.05, 4.69) is 16.4 Å². The SMILES string of the molecule is N#CC1CC(S(=O)(=O)c2cccc(C(=O)N3CCC[C@@H]3C(=O)NCc3ccc(C(F)(F)F)nc3)c2)C1. The number of sulfone groups is 1. The zero-order valence-corrected chi connectivity index (χ0v) is 19.8. The Bertz CT molecular complexity index is 1300. The van der Waals surface area contributed by atoms with E-state index in [1.165, 1.54) is 35.2 Å². The van der Waals surface area contributed by atoms with Gasteiger partial charge in [0.1, 0.15) is 11.7 Å². The molecule has 4 rings (SSSR count). The predicted molar refractivity (Wildman–Crippen MR) is 121 cm³/mol. The standard InChI is InChI=1S/C24H23F3N4O4S/c25-24(26,27)21-7-6-15(13-29-21)14-30-22(32)20-5-2-8-31(20)23(33)17-3-1-4-18(11-17)36(34,35)19-9-16(10-19)12-28/h1,3-4,6-7,11,13,16,19-20H,2,5,8-10,14H2,(H,30,32)/t16?,19?,20-/m1/s1. The number of halogens is 3.